The van der Waals surface area contributed by atoms with Gasteiger partial charge >= 0.3 is 0 Å². The Morgan fingerprint density at radius 3 is 2.21 bits per heavy atom. The van der Waals surface area contributed by atoms with Crippen LogP contribution in [0.3, 0.4) is 0 Å². The number of nitrogens with one attached hydrogen (secondary N) is 3. The van der Waals surface area contributed by atoms with Gasteiger partial charge in [0.2, 0.25) is 5.91 Å². The van der Waals surface area contributed by atoms with E-state index in [4.69, 9.17) is 0 Å². The second-order valence-corrected chi connectivity index (χ2v) is 6.48. The summed E-state index contributed by atoms with van der Waals surface area (Å²) in [4.78, 5) is 35.6. The molecule has 0 atom stereocenters. The van der Waals surface area contributed by atoms with E-state index in [0.29, 0.717) is 30.4 Å². The first-order valence-electron chi connectivity index (χ1n) is 8.86. The second-order valence-electron chi connectivity index (χ2n) is 6.48. The zero-order valence-corrected chi connectivity index (χ0v) is 14.9. The van der Waals surface area contributed by atoms with E-state index in [0.717, 1.165) is 25.0 Å². The van der Waals surface area contributed by atoms with Gasteiger partial charge in [-0.15, -0.1) is 0 Å². The Hall–Kier alpha value is -3.29. The van der Waals surface area contributed by atoms with E-state index in [9.17, 15) is 23.2 Å². The molecule has 1 aliphatic rings. The third kappa shape index (κ3) is 5.12. The maximum atomic E-state index is 13.6. The van der Waals surface area contributed by atoms with Crippen molar-refractivity contribution in [2.24, 2.45) is 5.92 Å². The summed E-state index contributed by atoms with van der Waals surface area (Å²) in [6, 6.07) is 8.72. The molecule has 6 nitrogen and oxygen atoms in total. The molecule has 3 amide bonds. The molecule has 0 saturated heterocycles. The molecule has 1 aliphatic carbocycles. The van der Waals surface area contributed by atoms with E-state index in [1.807, 2.05) is 0 Å². The lowest BCUT2D eigenvalue weighted by Gasteiger charge is -2.09. The van der Waals surface area contributed by atoms with Gasteiger partial charge in [0.1, 0.15) is 11.6 Å². The number of benzene rings is 2. The van der Waals surface area contributed by atoms with Crippen LogP contribution in [0.4, 0.5) is 14.5 Å². The molecule has 0 aliphatic heterocycles. The molecule has 28 heavy (non-hydrogen) atoms. The summed E-state index contributed by atoms with van der Waals surface area (Å²) < 4.78 is 26.6. The number of carbonyl (C=O) groups excluding carboxylic acids is 3. The van der Waals surface area contributed by atoms with E-state index in [1.54, 1.807) is 0 Å². The van der Waals surface area contributed by atoms with Crippen LogP contribution < -0.4 is 16.0 Å². The number of hydrogen-bond acceptors (Lipinski definition) is 3. The van der Waals surface area contributed by atoms with Crippen molar-refractivity contribution in [3.05, 3.63) is 65.2 Å². The van der Waals surface area contributed by atoms with E-state index in [1.165, 1.54) is 24.3 Å². The fourth-order valence-corrected chi connectivity index (χ4v) is 2.53. The van der Waals surface area contributed by atoms with Gasteiger partial charge in [0.05, 0.1) is 5.56 Å². The van der Waals surface area contributed by atoms with Crippen molar-refractivity contribution in [2.45, 2.75) is 12.8 Å². The van der Waals surface area contributed by atoms with Gasteiger partial charge in [0.25, 0.3) is 11.8 Å². The van der Waals surface area contributed by atoms with Crippen LogP contribution in [0.2, 0.25) is 0 Å². The van der Waals surface area contributed by atoms with Crippen LogP contribution in [0.15, 0.2) is 42.5 Å². The summed E-state index contributed by atoms with van der Waals surface area (Å²) in [6.07, 6.45) is 1.85. The Bertz CT molecular complexity index is 896. The average molecular weight is 387 g/mol. The van der Waals surface area contributed by atoms with Crippen LogP contribution in [0.1, 0.15) is 33.6 Å². The number of rotatable bonds is 7. The predicted molar refractivity (Wildman–Crippen MR) is 98.8 cm³/mol. The summed E-state index contributed by atoms with van der Waals surface area (Å²) >= 11 is 0. The van der Waals surface area contributed by atoms with Crippen molar-refractivity contribution >= 4 is 23.4 Å². The number of carbonyl (C=O) groups is 3. The largest absolute Gasteiger partial charge is 0.354 e. The molecule has 3 rings (SSSR count). The minimum absolute atomic E-state index is 0.0203. The van der Waals surface area contributed by atoms with Gasteiger partial charge in [-0.05, 0) is 49.2 Å². The standard InChI is InChI=1S/C20H19F2N3O3/c21-14-5-8-16(17(22)11-14)20(28)25-15-6-3-13(4-7-15)19(27)24-10-9-23-18(26)12-1-2-12/h3-8,11-12H,1-2,9-10H2,(H,23,26)(H,24,27)(H,25,28). The maximum absolute atomic E-state index is 13.6. The molecule has 1 saturated carbocycles. The summed E-state index contributed by atoms with van der Waals surface area (Å²) in [5, 5.41) is 7.92. The van der Waals surface area contributed by atoms with Gasteiger partial charge in [0.15, 0.2) is 0 Å². The quantitative estimate of drug-likeness (QED) is 0.638. The first-order chi connectivity index (χ1) is 13.4. The first kappa shape index (κ1) is 19.5. The molecule has 146 valence electrons. The molecule has 2 aromatic rings. The molecule has 3 N–H and O–H groups in total. The minimum Gasteiger partial charge on any atom is -0.354 e. The third-order valence-corrected chi connectivity index (χ3v) is 4.24. The molecule has 0 aromatic heterocycles. The van der Waals surface area contributed by atoms with E-state index in [-0.39, 0.29) is 23.3 Å². The molecular formula is C20H19F2N3O3. The Labute approximate surface area is 160 Å². The smallest absolute Gasteiger partial charge is 0.258 e. The zero-order valence-electron chi connectivity index (χ0n) is 14.9. The van der Waals surface area contributed by atoms with Crippen molar-refractivity contribution in [1.29, 1.82) is 0 Å². The highest BCUT2D eigenvalue weighted by atomic mass is 19.1. The molecule has 1 fully saturated rings. The molecule has 0 bridgehead atoms. The minimum atomic E-state index is -0.956. The van der Waals surface area contributed by atoms with E-state index < -0.39 is 17.5 Å². The number of halogens is 2. The second kappa shape index (κ2) is 8.60. The molecule has 8 heteroatoms. The van der Waals surface area contributed by atoms with Gasteiger partial charge in [-0.3, -0.25) is 14.4 Å². The summed E-state index contributed by atoms with van der Waals surface area (Å²) in [5.74, 6) is -2.61. The number of anilines is 1. The lowest BCUT2D eigenvalue weighted by atomic mass is 10.1. The average Bonchev–Trinajstić information content (AvgIpc) is 3.50. The molecule has 0 unspecified atom stereocenters. The van der Waals surface area contributed by atoms with E-state index in [2.05, 4.69) is 16.0 Å². The van der Waals surface area contributed by atoms with Crippen molar-refractivity contribution in [3.8, 4) is 0 Å². The molecule has 0 radical (unpaired) electrons. The highest BCUT2D eigenvalue weighted by Gasteiger charge is 2.29. The topological polar surface area (TPSA) is 87.3 Å². The SMILES string of the molecule is O=C(NCCNC(=O)C1CC1)c1ccc(NC(=O)c2ccc(F)cc2F)cc1. The van der Waals surface area contributed by atoms with Crippen LogP contribution >= 0.6 is 0 Å². The van der Waals surface area contributed by atoms with Gasteiger partial charge in [-0.25, -0.2) is 8.78 Å². The van der Waals surface area contributed by atoms with Crippen molar-refractivity contribution in [2.75, 3.05) is 18.4 Å². The fraction of sp³-hybridized carbons (Fsp3) is 0.250. The highest BCUT2D eigenvalue weighted by molar-refractivity contribution is 6.04. The lowest BCUT2D eigenvalue weighted by molar-refractivity contribution is -0.122. The monoisotopic (exact) mass is 387 g/mol. The number of amides is 3. The van der Waals surface area contributed by atoms with Crippen molar-refractivity contribution in [3.63, 3.8) is 0 Å². The molecular weight excluding hydrogens is 368 g/mol. The Balaban J connectivity index is 1.48. The number of hydrogen-bond donors (Lipinski definition) is 3. The molecule has 0 spiro atoms. The summed E-state index contributed by atoms with van der Waals surface area (Å²) in [7, 11) is 0. The summed E-state index contributed by atoms with van der Waals surface area (Å²) in [6.45, 7) is 0.665. The third-order valence-electron chi connectivity index (χ3n) is 4.24. The zero-order chi connectivity index (χ0) is 20.1. The molecule has 2 aromatic carbocycles. The highest BCUT2D eigenvalue weighted by Crippen LogP contribution is 2.28. The normalized spacial score (nSPS) is 12.9. The van der Waals surface area contributed by atoms with Crippen LogP contribution in [0.25, 0.3) is 0 Å². The van der Waals surface area contributed by atoms with Crippen molar-refractivity contribution in [1.82, 2.24) is 10.6 Å². The van der Waals surface area contributed by atoms with Crippen LogP contribution in [-0.2, 0) is 4.79 Å². The van der Waals surface area contributed by atoms with Gasteiger partial charge in [-0.1, -0.05) is 0 Å². The lowest BCUT2D eigenvalue weighted by Crippen LogP contribution is -2.35. The van der Waals surface area contributed by atoms with E-state index >= 15 is 0 Å². The Morgan fingerprint density at radius 2 is 1.57 bits per heavy atom. The van der Waals surface area contributed by atoms with Crippen LogP contribution in [0, 0.1) is 17.6 Å². The fourth-order valence-electron chi connectivity index (χ4n) is 2.53. The van der Waals surface area contributed by atoms with Gasteiger partial charge < -0.3 is 16.0 Å². The maximum Gasteiger partial charge on any atom is 0.258 e. The van der Waals surface area contributed by atoms with Gasteiger partial charge in [0, 0.05) is 36.3 Å². The van der Waals surface area contributed by atoms with Gasteiger partial charge in [-0.2, -0.15) is 0 Å². The summed E-state index contributed by atoms with van der Waals surface area (Å²) in [5.41, 5.74) is 0.456. The first-order valence-corrected chi connectivity index (χ1v) is 8.86. The van der Waals surface area contributed by atoms with Crippen LogP contribution in [-0.4, -0.2) is 30.8 Å². The molecule has 0 heterocycles. The Morgan fingerprint density at radius 1 is 0.893 bits per heavy atom. The van der Waals surface area contributed by atoms with Crippen molar-refractivity contribution < 1.29 is 23.2 Å². The van der Waals surface area contributed by atoms with Crippen LogP contribution in [0.5, 0.6) is 0 Å². The predicted octanol–water partition coefficient (Wildman–Crippen LogP) is 2.47. The Kier molecular flexibility index (Phi) is 5.98.